The third-order valence-corrected chi connectivity index (χ3v) is 2.07. The van der Waals surface area contributed by atoms with E-state index in [-0.39, 0.29) is 11.4 Å². The van der Waals surface area contributed by atoms with E-state index >= 15 is 0 Å². The molecule has 0 atom stereocenters. The molecule has 0 saturated carbocycles. The second-order valence-electron chi connectivity index (χ2n) is 3.39. The van der Waals surface area contributed by atoms with Crippen molar-refractivity contribution in [3.8, 4) is 5.82 Å². The molecule has 8 nitrogen and oxygen atoms in total. The van der Waals surface area contributed by atoms with Crippen molar-refractivity contribution in [2.45, 2.75) is 6.92 Å². The third-order valence-electron chi connectivity index (χ3n) is 2.07. The lowest BCUT2D eigenvalue weighted by molar-refractivity contribution is -0.114. The van der Waals surface area contributed by atoms with Crippen LogP contribution in [0.3, 0.4) is 0 Å². The second-order valence-corrected chi connectivity index (χ2v) is 3.39. The van der Waals surface area contributed by atoms with Gasteiger partial charge in [0.15, 0.2) is 11.6 Å². The first-order valence-electron chi connectivity index (χ1n) is 4.96. The fourth-order valence-corrected chi connectivity index (χ4v) is 1.37. The van der Waals surface area contributed by atoms with E-state index in [0.29, 0.717) is 5.82 Å². The first-order valence-corrected chi connectivity index (χ1v) is 4.96. The Kier molecular flexibility index (Phi) is 3.00. The Morgan fingerprint density at radius 3 is 2.78 bits per heavy atom. The Morgan fingerprint density at radius 2 is 2.22 bits per heavy atom. The maximum Gasteiger partial charge on any atom is 0.341 e. The lowest BCUT2D eigenvalue weighted by Crippen LogP contribution is -2.14. The van der Waals surface area contributed by atoms with Gasteiger partial charge in [-0.2, -0.15) is 14.9 Å². The van der Waals surface area contributed by atoms with Crippen LogP contribution >= 0.6 is 0 Å². The molecule has 92 valence electrons. The van der Waals surface area contributed by atoms with Crippen molar-refractivity contribution in [3.05, 3.63) is 30.1 Å². The molecule has 2 aromatic rings. The van der Waals surface area contributed by atoms with Crippen molar-refractivity contribution < 1.29 is 14.7 Å². The smallest absolute Gasteiger partial charge is 0.341 e. The molecule has 0 bridgehead atoms. The van der Waals surface area contributed by atoms with Crippen LogP contribution in [0.1, 0.15) is 17.3 Å². The van der Waals surface area contributed by atoms with Gasteiger partial charge in [-0.05, 0) is 12.1 Å². The van der Waals surface area contributed by atoms with E-state index in [1.54, 1.807) is 12.1 Å². The minimum absolute atomic E-state index is 0.0514. The van der Waals surface area contributed by atoms with Gasteiger partial charge in [0.2, 0.25) is 5.91 Å². The lowest BCUT2D eigenvalue weighted by Gasteiger charge is -2.06. The minimum atomic E-state index is -1.19. The highest BCUT2D eigenvalue weighted by Crippen LogP contribution is 2.18. The summed E-state index contributed by atoms with van der Waals surface area (Å²) in [6.45, 7) is 1.28. The summed E-state index contributed by atoms with van der Waals surface area (Å²) in [5.41, 5.74) is -0.115. The van der Waals surface area contributed by atoms with Gasteiger partial charge in [0.05, 0.1) is 6.20 Å². The van der Waals surface area contributed by atoms with Crippen LogP contribution in [-0.2, 0) is 4.79 Å². The van der Waals surface area contributed by atoms with Crippen LogP contribution in [0.25, 0.3) is 5.82 Å². The average Bonchev–Trinajstić information content (AvgIpc) is 2.73. The number of hydrogen-bond donors (Lipinski definition) is 2. The maximum absolute atomic E-state index is 11.1. The number of aromatic carboxylic acids is 1. The van der Waals surface area contributed by atoms with E-state index in [1.807, 2.05) is 0 Å². The maximum atomic E-state index is 11.1. The molecular formula is C10H9N5O3. The molecule has 2 N–H and O–H groups in total. The van der Waals surface area contributed by atoms with Gasteiger partial charge in [0.25, 0.3) is 0 Å². The van der Waals surface area contributed by atoms with Crippen LogP contribution in [-0.4, -0.2) is 37.0 Å². The van der Waals surface area contributed by atoms with E-state index < -0.39 is 11.9 Å². The van der Waals surface area contributed by atoms with E-state index in [0.717, 1.165) is 6.20 Å². The second kappa shape index (κ2) is 4.62. The molecule has 2 aromatic heterocycles. The Bertz CT molecular complexity index is 593. The van der Waals surface area contributed by atoms with E-state index in [9.17, 15) is 9.59 Å². The number of nitrogens with zero attached hydrogens (tertiary/aromatic N) is 4. The summed E-state index contributed by atoms with van der Waals surface area (Å²) in [6.07, 6.45) is 2.62. The van der Waals surface area contributed by atoms with Gasteiger partial charge in [-0.15, -0.1) is 5.10 Å². The van der Waals surface area contributed by atoms with Crippen molar-refractivity contribution in [2.75, 3.05) is 5.32 Å². The minimum Gasteiger partial charge on any atom is -0.477 e. The number of rotatable bonds is 3. The van der Waals surface area contributed by atoms with Crippen molar-refractivity contribution in [3.63, 3.8) is 0 Å². The molecule has 2 rings (SSSR count). The Balaban J connectivity index is 2.54. The highest BCUT2D eigenvalue weighted by molar-refractivity contribution is 5.98. The normalized spacial score (nSPS) is 10.1. The van der Waals surface area contributed by atoms with Crippen molar-refractivity contribution in [1.29, 1.82) is 0 Å². The number of nitrogens with one attached hydrogen (secondary N) is 1. The van der Waals surface area contributed by atoms with Gasteiger partial charge in [-0.1, -0.05) is 0 Å². The lowest BCUT2D eigenvalue weighted by atomic mass is 10.3. The molecule has 1 amide bonds. The van der Waals surface area contributed by atoms with Gasteiger partial charge < -0.3 is 10.4 Å². The van der Waals surface area contributed by atoms with Crippen LogP contribution in [0.4, 0.5) is 5.82 Å². The summed E-state index contributed by atoms with van der Waals surface area (Å²) in [5, 5.41) is 22.8. The first kappa shape index (κ1) is 11.7. The molecule has 0 aromatic carbocycles. The molecule has 0 fully saturated rings. The van der Waals surface area contributed by atoms with Crippen LogP contribution in [0.5, 0.6) is 0 Å². The third kappa shape index (κ3) is 2.17. The fraction of sp³-hybridized carbons (Fsp3) is 0.100. The number of amides is 1. The van der Waals surface area contributed by atoms with Gasteiger partial charge in [0, 0.05) is 13.1 Å². The highest BCUT2D eigenvalue weighted by Gasteiger charge is 2.19. The quantitative estimate of drug-likeness (QED) is 0.808. The monoisotopic (exact) mass is 247 g/mol. The van der Waals surface area contributed by atoms with Crippen molar-refractivity contribution in [1.82, 2.24) is 20.0 Å². The molecule has 0 aliphatic heterocycles. The number of carbonyl (C=O) groups excluding carboxylic acids is 1. The van der Waals surface area contributed by atoms with Crippen molar-refractivity contribution >= 4 is 17.7 Å². The summed E-state index contributed by atoms with van der Waals surface area (Å²) >= 11 is 0. The van der Waals surface area contributed by atoms with E-state index in [1.165, 1.54) is 17.8 Å². The standard InChI is InChI=1S/C10H9N5O3/c1-6(16)13-9-7(10(17)18)5-12-15(9)8-3-2-4-11-14-8/h2-5H,1H3,(H,13,16)(H,17,18). The summed E-state index contributed by atoms with van der Waals surface area (Å²) in [5.74, 6) is -1.22. The number of carboxylic acid groups (broad SMARTS) is 1. The predicted octanol–water partition coefficient (Wildman–Crippen LogP) is 0.319. The van der Waals surface area contributed by atoms with Gasteiger partial charge in [-0.3, -0.25) is 4.79 Å². The van der Waals surface area contributed by atoms with E-state index in [4.69, 9.17) is 5.11 Å². The number of carboxylic acids is 1. The zero-order valence-electron chi connectivity index (χ0n) is 9.36. The molecule has 8 heteroatoms. The zero-order valence-corrected chi connectivity index (χ0v) is 9.36. The van der Waals surface area contributed by atoms with E-state index in [2.05, 4.69) is 20.6 Å². The topological polar surface area (TPSA) is 110 Å². The van der Waals surface area contributed by atoms with Gasteiger partial charge >= 0.3 is 5.97 Å². The largest absolute Gasteiger partial charge is 0.477 e. The van der Waals surface area contributed by atoms with Gasteiger partial charge in [0.1, 0.15) is 5.56 Å². The Morgan fingerprint density at radius 1 is 1.44 bits per heavy atom. The molecule has 0 saturated heterocycles. The number of aromatic nitrogens is 4. The molecule has 0 aliphatic rings. The molecule has 0 aliphatic carbocycles. The summed E-state index contributed by atoms with van der Waals surface area (Å²) in [4.78, 5) is 22.1. The first-order chi connectivity index (χ1) is 8.59. The molecular weight excluding hydrogens is 238 g/mol. The Labute approximate surface area is 101 Å². The number of carbonyl (C=O) groups is 2. The van der Waals surface area contributed by atoms with Crippen LogP contribution < -0.4 is 5.32 Å². The Hall–Kier alpha value is -2.77. The van der Waals surface area contributed by atoms with Crippen LogP contribution in [0.2, 0.25) is 0 Å². The molecule has 0 unspecified atom stereocenters. The molecule has 0 spiro atoms. The molecule has 0 radical (unpaired) electrons. The zero-order chi connectivity index (χ0) is 13.1. The van der Waals surface area contributed by atoms with Crippen LogP contribution in [0, 0.1) is 0 Å². The SMILES string of the molecule is CC(=O)Nc1c(C(=O)O)cnn1-c1cccnn1. The summed E-state index contributed by atoms with van der Waals surface area (Å²) in [7, 11) is 0. The number of anilines is 1. The summed E-state index contributed by atoms with van der Waals surface area (Å²) in [6, 6.07) is 3.22. The molecule has 2 heterocycles. The molecule has 18 heavy (non-hydrogen) atoms. The average molecular weight is 247 g/mol. The fourth-order valence-electron chi connectivity index (χ4n) is 1.37. The van der Waals surface area contributed by atoms with Crippen molar-refractivity contribution in [2.24, 2.45) is 0 Å². The highest BCUT2D eigenvalue weighted by atomic mass is 16.4. The predicted molar refractivity (Wildman–Crippen MR) is 60.4 cm³/mol. The van der Waals surface area contributed by atoms with Crippen LogP contribution in [0.15, 0.2) is 24.5 Å². The van der Waals surface area contributed by atoms with Gasteiger partial charge in [-0.25, -0.2) is 4.79 Å². The number of hydrogen-bond acceptors (Lipinski definition) is 5. The summed E-state index contributed by atoms with van der Waals surface area (Å²) < 4.78 is 1.21.